The second-order valence-electron chi connectivity index (χ2n) is 7.40. The van der Waals surface area contributed by atoms with Crippen molar-refractivity contribution in [1.82, 2.24) is 15.5 Å². The van der Waals surface area contributed by atoms with Crippen molar-refractivity contribution in [2.75, 3.05) is 33.2 Å². The lowest BCUT2D eigenvalue weighted by Gasteiger charge is -2.32. The third-order valence-electron chi connectivity index (χ3n) is 5.75. The van der Waals surface area contributed by atoms with Crippen molar-refractivity contribution in [2.24, 2.45) is 16.8 Å². The average molecular weight is 490 g/mol. The van der Waals surface area contributed by atoms with Crippen LogP contribution in [0.15, 0.2) is 4.99 Å². The molecule has 26 heavy (non-hydrogen) atoms. The summed E-state index contributed by atoms with van der Waals surface area (Å²) in [6, 6.07) is 0.0950. The minimum atomic E-state index is -4.04. The minimum absolute atomic E-state index is 0. The van der Waals surface area contributed by atoms with Gasteiger partial charge in [0.25, 0.3) is 0 Å². The second kappa shape index (κ2) is 11.6. The van der Waals surface area contributed by atoms with E-state index in [1.165, 1.54) is 25.9 Å². The molecule has 2 aliphatic rings. The zero-order valence-corrected chi connectivity index (χ0v) is 18.3. The third-order valence-corrected chi connectivity index (χ3v) is 5.75. The fourth-order valence-corrected chi connectivity index (χ4v) is 3.94. The van der Waals surface area contributed by atoms with Crippen LogP contribution in [0.25, 0.3) is 0 Å². The van der Waals surface area contributed by atoms with E-state index < -0.39 is 12.1 Å². The fraction of sp³-hybridized carbons (Fsp3) is 0.944. The zero-order valence-electron chi connectivity index (χ0n) is 15.9. The third kappa shape index (κ3) is 7.78. The monoisotopic (exact) mass is 490 g/mol. The molecule has 0 atom stereocenters. The number of hydrogen-bond acceptors (Lipinski definition) is 2. The molecule has 8 heteroatoms. The van der Waals surface area contributed by atoms with Crippen LogP contribution in [0.1, 0.15) is 51.9 Å². The summed E-state index contributed by atoms with van der Waals surface area (Å²) in [6.45, 7) is 6.60. The molecule has 154 valence electrons. The number of alkyl halides is 3. The lowest BCUT2D eigenvalue weighted by molar-refractivity contribution is -0.182. The first-order chi connectivity index (χ1) is 11.9. The summed E-state index contributed by atoms with van der Waals surface area (Å²) in [5, 5.41) is 6.63. The number of hydrogen-bond donors (Lipinski definition) is 2. The molecule has 4 nitrogen and oxygen atoms in total. The van der Waals surface area contributed by atoms with Gasteiger partial charge in [-0.25, -0.2) is 0 Å². The Morgan fingerprint density at radius 2 is 1.69 bits per heavy atom. The smallest absolute Gasteiger partial charge is 0.356 e. The van der Waals surface area contributed by atoms with Gasteiger partial charge in [0.1, 0.15) is 0 Å². The highest BCUT2D eigenvalue weighted by molar-refractivity contribution is 14.0. The molecule has 2 rings (SSSR count). The Morgan fingerprint density at radius 3 is 2.19 bits per heavy atom. The first-order valence-corrected chi connectivity index (χ1v) is 9.68. The SMILES string of the molecule is CCN1CCC(CCNC(=NC)NC2CCC(C(F)(F)F)CC2)CC1.I. The molecule has 0 spiro atoms. The van der Waals surface area contributed by atoms with Crippen LogP contribution in [0.2, 0.25) is 0 Å². The van der Waals surface area contributed by atoms with Crippen molar-refractivity contribution < 1.29 is 13.2 Å². The molecule has 0 bridgehead atoms. The maximum atomic E-state index is 12.7. The van der Waals surface area contributed by atoms with E-state index in [1.807, 2.05) is 0 Å². The number of aliphatic imine (C=N–C) groups is 1. The van der Waals surface area contributed by atoms with Crippen LogP contribution in [-0.2, 0) is 0 Å². The van der Waals surface area contributed by atoms with Gasteiger partial charge in [-0.2, -0.15) is 13.2 Å². The topological polar surface area (TPSA) is 39.7 Å². The van der Waals surface area contributed by atoms with Crippen LogP contribution in [-0.4, -0.2) is 56.3 Å². The number of rotatable bonds is 5. The second-order valence-corrected chi connectivity index (χ2v) is 7.40. The number of likely N-dealkylation sites (tertiary alicyclic amines) is 1. The van der Waals surface area contributed by atoms with Crippen molar-refractivity contribution in [2.45, 2.75) is 64.1 Å². The summed E-state index contributed by atoms with van der Waals surface area (Å²) in [6.07, 6.45) is 1.13. The highest BCUT2D eigenvalue weighted by atomic mass is 127. The Hall–Kier alpha value is -0.250. The van der Waals surface area contributed by atoms with E-state index in [0.29, 0.717) is 12.8 Å². The molecule has 0 amide bonds. The summed E-state index contributed by atoms with van der Waals surface area (Å²) in [5.74, 6) is 0.353. The van der Waals surface area contributed by atoms with Gasteiger partial charge in [-0.3, -0.25) is 4.99 Å². The first-order valence-electron chi connectivity index (χ1n) is 9.68. The molecule has 0 aromatic carbocycles. The fourth-order valence-electron chi connectivity index (χ4n) is 3.94. The summed E-state index contributed by atoms with van der Waals surface area (Å²) in [4.78, 5) is 6.71. The maximum absolute atomic E-state index is 12.7. The van der Waals surface area contributed by atoms with Crippen molar-refractivity contribution >= 4 is 29.9 Å². The molecular formula is C18H34F3IN4. The molecule has 0 unspecified atom stereocenters. The molecule has 1 aliphatic carbocycles. The van der Waals surface area contributed by atoms with Crippen LogP contribution < -0.4 is 10.6 Å². The number of guanidine groups is 1. The predicted octanol–water partition coefficient (Wildman–Crippen LogP) is 4.01. The van der Waals surface area contributed by atoms with E-state index in [4.69, 9.17) is 0 Å². The molecule has 1 saturated heterocycles. The van der Waals surface area contributed by atoms with Gasteiger partial charge in [-0.1, -0.05) is 6.92 Å². The number of halogens is 4. The van der Waals surface area contributed by atoms with Gasteiger partial charge < -0.3 is 15.5 Å². The predicted molar refractivity (Wildman–Crippen MR) is 111 cm³/mol. The number of nitrogens with zero attached hydrogens (tertiary/aromatic N) is 2. The Bertz CT molecular complexity index is 415. The van der Waals surface area contributed by atoms with Gasteiger partial charge in [-0.05, 0) is 70.5 Å². The molecule has 0 aromatic rings. The van der Waals surface area contributed by atoms with Crippen molar-refractivity contribution in [3.05, 3.63) is 0 Å². The highest BCUT2D eigenvalue weighted by Gasteiger charge is 2.41. The van der Waals surface area contributed by atoms with Crippen molar-refractivity contribution in [3.8, 4) is 0 Å². The Balaban J connectivity index is 0.00000338. The van der Waals surface area contributed by atoms with E-state index in [2.05, 4.69) is 27.4 Å². The number of piperidine rings is 1. The summed E-state index contributed by atoms with van der Waals surface area (Å²) in [5.41, 5.74) is 0. The molecule has 1 saturated carbocycles. The highest BCUT2D eigenvalue weighted by Crippen LogP contribution is 2.37. The van der Waals surface area contributed by atoms with Crippen LogP contribution in [0.3, 0.4) is 0 Å². The quantitative estimate of drug-likeness (QED) is 0.348. The van der Waals surface area contributed by atoms with E-state index in [-0.39, 0.29) is 42.9 Å². The molecule has 2 N–H and O–H groups in total. The summed E-state index contributed by atoms with van der Waals surface area (Å²) in [7, 11) is 1.72. The molecule has 0 radical (unpaired) electrons. The van der Waals surface area contributed by atoms with Gasteiger partial charge in [0, 0.05) is 19.6 Å². The Morgan fingerprint density at radius 1 is 1.08 bits per heavy atom. The average Bonchev–Trinajstić information content (AvgIpc) is 2.61. The van der Waals surface area contributed by atoms with E-state index in [1.54, 1.807) is 7.05 Å². The lowest BCUT2D eigenvalue weighted by atomic mass is 9.85. The van der Waals surface area contributed by atoms with Crippen molar-refractivity contribution in [1.29, 1.82) is 0 Å². The van der Waals surface area contributed by atoms with Gasteiger partial charge >= 0.3 is 6.18 Å². The lowest BCUT2D eigenvalue weighted by Crippen LogP contribution is -2.46. The van der Waals surface area contributed by atoms with E-state index >= 15 is 0 Å². The first kappa shape index (κ1) is 23.8. The molecular weight excluding hydrogens is 456 g/mol. The van der Waals surface area contributed by atoms with Crippen LogP contribution in [0, 0.1) is 11.8 Å². The maximum Gasteiger partial charge on any atom is 0.391 e. The van der Waals surface area contributed by atoms with Crippen molar-refractivity contribution in [3.63, 3.8) is 0 Å². The van der Waals surface area contributed by atoms with Crippen LogP contribution >= 0.6 is 24.0 Å². The van der Waals surface area contributed by atoms with Gasteiger partial charge in [0.2, 0.25) is 0 Å². The van der Waals surface area contributed by atoms with Gasteiger partial charge in [-0.15, -0.1) is 24.0 Å². The van der Waals surface area contributed by atoms with E-state index in [0.717, 1.165) is 31.4 Å². The summed E-state index contributed by atoms with van der Waals surface area (Å²) >= 11 is 0. The Labute approximate surface area is 172 Å². The normalized spacial score (nSPS) is 26.3. The molecule has 1 heterocycles. The standard InChI is InChI=1S/C18H33F3N4.HI/c1-3-25-12-9-14(10-13-25)8-11-23-17(22-2)24-16-6-4-15(5-7-16)18(19,20)21;/h14-16H,3-13H2,1-2H3,(H2,22,23,24);1H. The van der Waals surface area contributed by atoms with Crippen LogP contribution in [0.4, 0.5) is 13.2 Å². The molecule has 0 aromatic heterocycles. The van der Waals surface area contributed by atoms with Gasteiger partial charge in [0.05, 0.1) is 5.92 Å². The minimum Gasteiger partial charge on any atom is -0.356 e. The summed E-state index contributed by atoms with van der Waals surface area (Å²) < 4.78 is 38.2. The van der Waals surface area contributed by atoms with E-state index in [9.17, 15) is 13.2 Å². The molecule has 1 aliphatic heterocycles. The zero-order chi connectivity index (χ0) is 18.3. The molecule has 2 fully saturated rings. The number of nitrogens with one attached hydrogen (secondary N) is 2. The largest absolute Gasteiger partial charge is 0.391 e. The Kier molecular flexibility index (Phi) is 10.6. The van der Waals surface area contributed by atoms with Crippen LogP contribution in [0.5, 0.6) is 0 Å². The van der Waals surface area contributed by atoms with Gasteiger partial charge in [0.15, 0.2) is 5.96 Å².